The minimum Gasteiger partial charge on any atom is -0.465 e. The number of rotatable bonds is 5. The lowest BCUT2D eigenvalue weighted by molar-refractivity contribution is -0.145. The predicted octanol–water partition coefficient (Wildman–Crippen LogP) is 3.66. The standard InChI is InChI=1S/C17H22F3NO4/c1-6-24-15(22)14(9(2)21-16(23)25-17(3,4)5)10-7-12(19)13(20)8-11(10)18/h7-9,14H,6H2,1-5H3,(H,21,23)/t9?,14-/m0/s1. The fraction of sp³-hybridized carbons (Fsp3) is 0.529. The quantitative estimate of drug-likeness (QED) is 0.642. The summed E-state index contributed by atoms with van der Waals surface area (Å²) in [5.74, 6) is -6.06. The summed E-state index contributed by atoms with van der Waals surface area (Å²) in [4.78, 5) is 24.1. The Labute approximate surface area is 144 Å². The lowest BCUT2D eigenvalue weighted by Gasteiger charge is -2.26. The number of benzene rings is 1. The SMILES string of the molecule is CCOC(=O)[C@H](c1cc(F)c(F)cc1F)C(C)NC(=O)OC(C)(C)C. The molecule has 1 amide bonds. The summed E-state index contributed by atoms with van der Waals surface area (Å²) in [6.45, 7) is 7.90. The van der Waals surface area contributed by atoms with Crippen LogP contribution in [0.5, 0.6) is 0 Å². The second kappa shape index (κ2) is 8.22. The van der Waals surface area contributed by atoms with E-state index in [1.807, 2.05) is 0 Å². The molecule has 0 radical (unpaired) electrons. The Bertz CT molecular complexity index is 644. The molecule has 25 heavy (non-hydrogen) atoms. The summed E-state index contributed by atoms with van der Waals surface area (Å²) in [5, 5.41) is 2.39. The van der Waals surface area contributed by atoms with Crippen LogP contribution in [0.15, 0.2) is 12.1 Å². The Hall–Kier alpha value is -2.25. The van der Waals surface area contributed by atoms with E-state index in [0.29, 0.717) is 12.1 Å². The zero-order valence-electron chi connectivity index (χ0n) is 14.8. The molecule has 1 unspecified atom stereocenters. The van der Waals surface area contributed by atoms with Gasteiger partial charge in [0.1, 0.15) is 17.3 Å². The maximum absolute atomic E-state index is 14.1. The predicted molar refractivity (Wildman–Crippen MR) is 84.5 cm³/mol. The fourth-order valence-corrected chi connectivity index (χ4v) is 2.19. The van der Waals surface area contributed by atoms with Crippen molar-refractivity contribution in [3.8, 4) is 0 Å². The molecule has 1 N–H and O–H groups in total. The van der Waals surface area contributed by atoms with E-state index in [0.717, 1.165) is 0 Å². The Morgan fingerprint density at radius 3 is 2.20 bits per heavy atom. The number of esters is 1. The molecule has 140 valence electrons. The van der Waals surface area contributed by atoms with E-state index >= 15 is 0 Å². The van der Waals surface area contributed by atoms with Crippen LogP contribution in [0, 0.1) is 17.5 Å². The van der Waals surface area contributed by atoms with Crippen LogP contribution in [0.3, 0.4) is 0 Å². The van der Waals surface area contributed by atoms with Crippen LogP contribution >= 0.6 is 0 Å². The van der Waals surface area contributed by atoms with Crippen molar-refractivity contribution in [3.63, 3.8) is 0 Å². The van der Waals surface area contributed by atoms with Gasteiger partial charge in [-0.05, 0) is 40.7 Å². The van der Waals surface area contributed by atoms with Crippen molar-refractivity contribution in [2.75, 3.05) is 6.61 Å². The van der Waals surface area contributed by atoms with E-state index < -0.39 is 52.6 Å². The molecule has 1 rings (SSSR count). The van der Waals surface area contributed by atoms with Gasteiger partial charge >= 0.3 is 12.1 Å². The van der Waals surface area contributed by atoms with Gasteiger partial charge in [-0.3, -0.25) is 4.79 Å². The largest absolute Gasteiger partial charge is 0.465 e. The molecule has 0 aliphatic heterocycles. The molecular formula is C17H22F3NO4. The van der Waals surface area contributed by atoms with E-state index in [1.165, 1.54) is 6.92 Å². The number of carbonyl (C=O) groups excluding carboxylic acids is 2. The molecule has 0 bridgehead atoms. The van der Waals surface area contributed by atoms with Crippen molar-refractivity contribution in [1.29, 1.82) is 0 Å². The van der Waals surface area contributed by atoms with E-state index in [4.69, 9.17) is 9.47 Å². The number of hydrogen-bond acceptors (Lipinski definition) is 4. The molecule has 0 spiro atoms. The van der Waals surface area contributed by atoms with Crippen LogP contribution in [0.2, 0.25) is 0 Å². The van der Waals surface area contributed by atoms with Gasteiger partial charge in [-0.15, -0.1) is 0 Å². The van der Waals surface area contributed by atoms with E-state index in [-0.39, 0.29) is 6.61 Å². The molecule has 0 saturated carbocycles. The summed E-state index contributed by atoms with van der Waals surface area (Å²) >= 11 is 0. The highest BCUT2D eigenvalue weighted by Gasteiger charge is 2.33. The van der Waals surface area contributed by atoms with Crippen LogP contribution in [-0.2, 0) is 14.3 Å². The van der Waals surface area contributed by atoms with Gasteiger partial charge < -0.3 is 14.8 Å². The van der Waals surface area contributed by atoms with Gasteiger partial charge in [0, 0.05) is 17.7 Å². The highest BCUT2D eigenvalue weighted by Crippen LogP contribution is 2.27. The van der Waals surface area contributed by atoms with Gasteiger partial charge in [-0.25, -0.2) is 18.0 Å². The molecule has 0 fully saturated rings. The number of carbonyl (C=O) groups is 2. The van der Waals surface area contributed by atoms with E-state index in [9.17, 15) is 22.8 Å². The Kier molecular flexibility index (Phi) is 6.84. The van der Waals surface area contributed by atoms with Crippen molar-refractivity contribution in [2.24, 2.45) is 0 Å². The first-order chi connectivity index (χ1) is 11.5. The number of alkyl carbamates (subject to hydrolysis) is 1. The molecule has 8 heteroatoms. The summed E-state index contributed by atoms with van der Waals surface area (Å²) in [6, 6.07) is -0.0652. The minimum absolute atomic E-state index is 0.000212. The summed E-state index contributed by atoms with van der Waals surface area (Å²) < 4.78 is 50.7. The van der Waals surface area contributed by atoms with Gasteiger partial charge in [0.25, 0.3) is 0 Å². The molecule has 0 heterocycles. The first-order valence-electron chi connectivity index (χ1n) is 7.76. The summed E-state index contributed by atoms with van der Waals surface area (Å²) in [7, 11) is 0. The third-order valence-electron chi connectivity index (χ3n) is 3.16. The van der Waals surface area contributed by atoms with Crippen LogP contribution < -0.4 is 5.32 Å². The Balaban J connectivity index is 3.15. The first-order valence-corrected chi connectivity index (χ1v) is 7.76. The number of hydrogen-bond donors (Lipinski definition) is 1. The molecule has 0 aromatic heterocycles. The normalized spacial score (nSPS) is 13.8. The van der Waals surface area contributed by atoms with Crippen molar-refractivity contribution in [2.45, 2.75) is 52.2 Å². The third-order valence-corrected chi connectivity index (χ3v) is 3.16. The summed E-state index contributed by atoms with van der Waals surface area (Å²) in [6.07, 6.45) is -0.836. The van der Waals surface area contributed by atoms with Gasteiger partial charge in [-0.2, -0.15) is 0 Å². The van der Waals surface area contributed by atoms with Crippen LogP contribution in [-0.4, -0.2) is 30.3 Å². The first kappa shape index (κ1) is 20.8. The molecule has 2 atom stereocenters. The molecule has 0 saturated heterocycles. The maximum atomic E-state index is 14.1. The van der Waals surface area contributed by atoms with Crippen LogP contribution in [0.4, 0.5) is 18.0 Å². The highest BCUT2D eigenvalue weighted by molar-refractivity contribution is 5.80. The van der Waals surface area contributed by atoms with Crippen molar-refractivity contribution >= 4 is 12.1 Å². The monoisotopic (exact) mass is 361 g/mol. The number of nitrogens with one attached hydrogen (secondary N) is 1. The van der Waals surface area contributed by atoms with Crippen LogP contribution in [0.25, 0.3) is 0 Å². The van der Waals surface area contributed by atoms with Gasteiger partial charge in [0.15, 0.2) is 11.6 Å². The second-order valence-electron chi connectivity index (χ2n) is 6.45. The zero-order valence-corrected chi connectivity index (χ0v) is 14.8. The second-order valence-corrected chi connectivity index (χ2v) is 6.45. The highest BCUT2D eigenvalue weighted by atomic mass is 19.2. The van der Waals surface area contributed by atoms with E-state index in [1.54, 1.807) is 27.7 Å². The number of ether oxygens (including phenoxy) is 2. The summed E-state index contributed by atoms with van der Waals surface area (Å²) in [5.41, 5.74) is -1.20. The van der Waals surface area contributed by atoms with Crippen molar-refractivity contribution in [1.82, 2.24) is 5.32 Å². The minimum atomic E-state index is -1.38. The van der Waals surface area contributed by atoms with Gasteiger partial charge in [-0.1, -0.05) is 0 Å². The van der Waals surface area contributed by atoms with E-state index in [2.05, 4.69) is 5.32 Å². The molecule has 1 aromatic carbocycles. The van der Waals surface area contributed by atoms with Crippen molar-refractivity contribution in [3.05, 3.63) is 35.1 Å². The molecule has 0 aliphatic rings. The lowest BCUT2D eigenvalue weighted by Crippen LogP contribution is -2.43. The van der Waals surface area contributed by atoms with Gasteiger partial charge in [0.05, 0.1) is 6.61 Å². The number of amides is 1. The van der Waals surface area contributed by atoms with Crippen molar-refractivity contribution < 1.29 is 32.2 Å². The van der Waals surface area contributed by atoms with Crippen LogP contribution in [0.1, 0.15) is 46.1 Å². The van der Waals surface area contributed by atoms with Gasteiger partial charge in [0.2, 0.25) is 0 Å². The molecular weight excluding hydrogens is 339 g/mol. The maximum Gasteiger partial charge on any atom is 0.407 e. The molecule has 1 aromatic rings. The zero-order chi connectivity index (χ0) is 19.4. The smallest absolute Gasteiger partial charge is 0.407 e. The molecule has 5 nitrogen and oxygen atoms in total. The number of halogens is 3. The molecule has 0 aliphatic carbocycles. The average Bonchev–Trinajstić information content (AvgIpc) is 2.42. The topological polar surface area (TPSA) is 64.6 Å². The Morgan fingerprint density at radius 1 is 1.12 bits per heavy atom. The third kappa shape index (κ3) is 5.95. The fourth-order valence-electron chi connectivity index (χ4n) is 2.19. The Morgan fingerprint density at radius 2 is 1.68 bits per heavy atom. The lowest BCUT2D eigenvalue weighted by atomic mass is 9.91. The average molecular weight is 361 g/mol.